The van der Waals surface area contributed by atoms with Crippen LogP contribution in [0.15, 0.2) is 0 Å². The van der Waals surface area contributed by atoms with E-state index >= 15 is 0 Å². The van der Waals surface area contributed by atoms with Crippen LogP contribution in [0.5, 0.6) is 0 Å². The molecule has 40 heavy (non-hydrogen) atoms. The van der Waals surface area contributed by atoms with Crippen LogP contribution in [0.25, 0.3) is 0 Å². The van der Waals surface area contributed by atoms with Crippen LogP contribution in [-0.4, -0.2) is 34.4 Å². The van der Waals surface area contributed by atoms with E-state index in [1.807, 2.05) is 0 Å². The third kappa shape index (κ3) is 27.1. The third-order valence-corrected chi connectivity index (χ3v) is 8.21. The zero-order valence-corrected chi connectivity index (χ0v) is 26.8. The predicted molar refractivity (Wildman–Crippen MR) is 169 cm³/mol. The van der Waals surface area contributed by atoms with E-state index in [9.17, 15) is 19.8 Å². The van der Waals surface area contributed by atoms with Crippen molar-refractivity contribution in [3.63, 3.8) is 0 Å². The second-order valence-electron chi connectivity index (χ2n) is 12.2. The van der Waals surface area contributed by atoms with Crippen molar-refractivity contribution < 1.29 is 24.5 Å². The Bertz CT molecular complexity index is 550. The van der Waals surface area contributed by atoms with Gasteiger partial charge in [0.25, 0.3) is 0 Å². The Hall–Kier alpha value is -1.10. The number of carbonyl (C=O) groups is 2. The topological polar surface area (TPSA) is 83.8 Å². The zero-order chi connectivity index (χ0) is 29.5. The molecule has 0 bridgehead atoms. The van der Waals surface area contributed by atoms with Gasteiger partial charge in [0.2, 0.25) is 0 Å². The maximum atomic E-state index is 12.2. The van der Waals surface area contributed by atoms with Crippen LogP contribution in [0.4, 0.5) is 0 Å². The first-order valence-corrected chi connectivity index (χ1v) is 17.6. The predicted octanol–water partition coefficient (Wildman–Crippen LogP) is 10.7. The molecular weight excluding hydrogens is 500 g/mol. The monoisotopic (exact) mass is 569 g/mol. The van der Waals surface area contributed by atoms with Gasteiger partial charge in [-0.3, -0.25) is 0 Å². The quantitative estimate of drug-likeness (QED) is 0.0623. The number of aliphatic carboxylic acids is 1. The summed E-state index contributed by atoms with van der Waals surface area (Å²) in [5, 5.41) is 19.6. The molecule has 2 unspecified atom stereocenters. The van der Waals surface area contributed by atoms with Crippen molar-refractivity contribution in [3.8, 4) is 0 Å². The van der Waals surface area contributed by atoms with Gasteiger partial charge >= 0.3 is 11.9 Å². The van der Waals surface area contributed by atoms with Crippen LogP contribution in [0.3, 0.4) is 0 Å². The van der Waals surface area contributed by atoms with E-state index in [1.165, 1.54) is 135 Å². The van der Waals surface area contributed by atoms with Gasteiger partial charge in [0.1, 0.15) is 0 Å². The Labute approximate surface area is 248 Å². The lowest BCUT2D eigenvalue weighted by Crippen LogP contribution is -2.32. The normalized spacial score (nSPS) is 12.9. The first kappa shape index (κ1) is 38.9. The molecule has 0 heterocycles. The van der Waals surface area contributed by atoms with Gasteiger partial charge < -0.3 is 14.9 Å². The van der Waals surface area contributed by atoms with Crippen molar-refractivity contribution in [2.75, 3.05) is 0 Å². The summed E-state index contributed by atoms with van der Waals surface area (Å²) >= 11 is 0. The van der Waals surface area contributed by atoms with E-state index in [4.69, 9.17) is 4.74 Å². The van der Waals surface area contributed by atoms with E-state index in [0.29, 0.717) is 12.8 Å². The number of carboxylic acids is 1. The largest absolute Gasteiger partial charge is 0.479 e. The summed E-state index contributed by atoms with van der Waals surface area (Å²) in [4.78, 5) is 23.7. The Morgan fingerprint density at radius 2 is 0.750 bits per heavy atom. The number of aliphatic hydroxyl groups excluding tert-OH is 1. The molecule has 0 aliphatic carbocycles. The van der Waals surface area contributed by atoms with E-state index < -0.39 is 24.1 Å². The lowest BCUT2D eigenvalue weighted by atomic mass is 10.0. The highest BCUT2D eigenvalue weighted by Gasteiger charge is 2.25. The molecule has 238 valence electrons. The fourth-order valence-electron chi connectivity index (χ4n) is 5.45. The molecule has 0 saturated heterocycles. The van der Waals surface area contributed by atoms with Gasteiger partial charge in [0.15, 0.2) is 12.2 Å². The number of carboxylic acid groups (broad SMARTS) is 1. The summed E-state index contributed by atoms with van der Waals surface area (Å²) < 4.78 is 5.16. The summed E-state index contributed by atoms with van der Waals surface area (Å²) in [5.74, 6) is -1.90. The first-order valence-electron chi connectivity index (χ1n) is 17.6. The second kappa shape index (κ2) is 30.8. The number of rotatable bonds is 32. The molecule has 0 aliphatic heterocycles. The van der Waals surface area contributed by atoms with Gasteiger partial charge in [-0.2, -0.15) is 0 Å². The molecule has 5 heteroatoms. The number of unbranched alkanes of at least 4 members (excludes halogenated alkanes) is 25. The highest BCUT2D eigenvalue weighted by atomic mass is 16.6. The van der Waals surface area contributed by atoms with Gasteiger partial charge in [-0.15, -0.1) is 0 Å². The fourth-order valence-corrected chi connectivity index (χ4v) is 5.45. The van der Waals surface area contributed by atoms with Gasteiger partial charge in [-0.25, -0.2) is 9.59 Å². The molecule has 0 amide bonds. The molecule has 0 rings (SSSR count). The fraction of sp³-hybridized carbons (Fsp3) is 0.943. The van der Waals surface area contributed by atoms with E-state index in [2.05, 4.69) is 13.8 Å². The summed E-state index contributed by atoms with van der Waals surface area (Å²) in [7, 11) is 0. The van der Waals surface area contributed by atoms with Crippen molar-refractivity contribution in [1.82, 2.24) is 0 Å². The summed E-state index contributed by atoms with van der Waals surface area (Å²) in [6.07, 6.45) is 31.9. The van der Waals surface area contributed by atoms with Gasteiger partial charge in [-0.05, 0) is 19.3 Å². The smallest absolute Gasteiger partial charge is 0.345 e. The van der Waals surface area contributed by atoms with E-state index in [-0.39, 0.29) is 0 Å². The Morgan fingerprint density at radius 3 is 1.05 bits per heavy atom. The first-order chi connectivity index (χ1) is 19.5. The van der Waals surface area contributed by atoms with Crippen LogP contribution < -0.4 is 0 Å². The maximum Gasteiger partial charge on any atom is 0.345 e. The lowest BCUT2D eigenvalue weighted by Gasteiger charge is -2.16. The van der Waals surface area contributed by atoms with Crippen LogP contribution in [0.1, 0.15) is 200 Å². The molecule has 0 spiro atoms. The second-order valence-corrected chi connectivity index (χ2v) is 12.2. The van der Waals surface area contributed by atoms with Crippen LogP contribution in [0.2, 0.25) is 0 Å². The van der Waals surface area contributed by atoms with Crippen LogP contribution in [-0.2, 0) is 14.3 Å². The number of ether oxygens (including phenoxy) is 1. The molecule has 0 aromatic heterocycles. The molecule has 0 aromatic rings. The van der Waals surface area contributed by atoms with Crippen molar-refractivity contribution >= 4 is 11.9 Å². The number of hydrogen-bond donors (Lipinski definition) is 2. The number of esters is 1. The molecule has 2 atom stereocenters. The average Bonchev–Trinajstić information content (AvgIpc) is 2.94. The molecular formula is C35H68O5. The highest BCUT2D eigenvalue weighted by Crippen LogP contribution is 2.16. The summed E-state index contributed by atoms with van der Waals surface area (Å²) in [6, 6.07) is 0. The van der Waals surface area contributed by atoms with E-state index in [0.717, 1.165) is 38.5 Å². The molecule has 0 aromatic carbocycles. The average molecular weight is 569 g/mol. The molecule has 0 radical (unpaired) electrons. The molecule has 0 saturated carbocycles. The van der Waals surface area contributed by atoms with Crippen molar-refractivity contribution in [3.05, 3.63) is 0 Å². The van der Waals surface area contributed by atoms with Gasteiger partial charge in [-0.1, -0.05) is 181 Å². The molecule has 2 N–H and O–H groups in total. The van der Waals surface area contributed by atoms with Crippen LogP contribution in [0, 0.1) is 0 Å². The van der Waals surface area contributed by atoms with Gasteiger partial charge in [0, 0.05) is 0 Å². The number of aliphatic hydroxyl groups is 1. The lowest BCUT2D eigenvalue weighted by molar-refractivity contribution is -0.170. The third-order valence-electron chi connectivity index (χ3n) is 8.21. The minimum atomic E-state index is -1.22. The Balaban J connectivity index is 3.64. The molecule has 0 fully saturated rings. The number of carbonyl (C=O) groups excluding carboxylic acids is 1. The van der Waals surface area contributed by atoms with Gasteiger partial charge in [0.05, 0.1) is 0 Å². The minimum absolute atomic E-state index is 0.323. The van der Waals surface area contributed by atoms with Crippen LogP contribution >= 0.6 is 0 Å². The molecule has 5 nitrogen and oxygen atoms in total. The van der Waals surface area contributed by atoms with Crippen molar-refractivity contribution in [1.29, 1.82) is 0 Å². The minimum Gasteiger partial charge on any atom is -0.479 e. The SMILES string of the molecule is CCCCCCCCCCCCCCCCCCC(O)C(=O)OC(CCCCCCCCCCCCC)C(=O)O. The number of hydrogen-bond acceptors (Lipinski definition) is 4. The summed E-state index contributed by atoms with van der Waals surface area (Å²) in [6.45, 7) is 4.50. The summed E-state index contributed by atoms with van der Waals surface area (Å²) in [5.41, 5.74) is 0. The van der Waals surface area contributed by atoms with Crippen molar-refractivity contribution in [2.24, 2.45) is 0 Å². The van der Waals surface area contributed by atoms with E-state index in [1.54, 1.807) is 0 Å². The maximum absolute atomic E-state index is 12.2. The Morgan fingerprint density at radius 1 is 0.475 bits per heavy atom. The molecule has 0 aliphatic rings. The van der Waals surface area contributed by atoms with Crippen molar-refractivity contribution in [2.45, 2.75) is 212 Å². The Kier molecular flexibility index (Phi) is 30.0. The standard InChI is InChI=1S/C35H68O5/c1-3-5-7-9-11-13-15-16-17-18-19-21-22-24-26-28-30-32(36)35(39)40-33(34(37)38)31-29-27-25-23-20-14-12-10-8-6-4-2/h32-33,36H,3-31H2,1-2H3,(H,37,38). The zero-order valence-electron chi connectivity index (χ0n) is 26.8. The highest BCUT2D eigenvalue weighted by molar-refractivity contribution is 5.80.